The van der Waals surface area contributed by atoms with Gasteiger partial charge in [0, 0.05) is 0 Å². The topological polar surface area (TPSA) is 55.8 Å². The van der Waals surface area contributed by atoms with Gasteiger partial charge in [-0.05, 0) is 24.6 Å². The SMILES string of the molecule is CCOc1cccc(C(OCC(=O)O)C(F)(F)F)c1. The number of hydrogen-bond acceptors (Lipinski definition) is 3. The van der Waals surface area contributed by atoms with Crippen LogP contribution >= 0.6 is 0 Å². The highest BCUT2D eigenvalue weighted by atomic mass is 19.4. The smallest absolute Gasteiger partial charge is 0.418 e. The lowest BCUT2D eigenvalue weighted by Crippen LogP contribution is -2.26. The Hall–Kier alpha value is -1.76. The molecule has 1 N–H and O–H groups in total. The van der Waals surface area contributed by atoms with Crippen molar-refractivity contribution in [3.8, 4) is 5.75 Å². The Morgan fingerprint density at radius 1 is 1.42 bits per heavy atom. The summed E-state index contributed by atoms with van der Waals surface area (Å²) in [5.41, 5.74) is -0.195. The van der Waals surface area contributed by atoms with Gasteiger partial charge in [-0.15, -0.1) is 0 Å². The average Bonchev–Trinajstić information content (AvgIpc) is 2.28. The molecule has 0 aromatic heterocycles. The molecule has 7 heteroatoms. The van der Waals surface area contributed by atoms with Crippen LogP contribution in [0.3, 0.4) is 0 Å². The predicted molar refractivity (Wildman–Crippen MR) is 60.0 cm³/mol. The van der Waals surface area contributed by atoms with Gasteiger partial charge in [0.05, 0.1) is 6.61 Å². The van der Waals surface area contributed by atoms with E-state index in [0.29, 0.717) is 6.61 Å². The van der Waals surface area contributed by atoms with E-state index < -0.39 is 24.9 Å². The van der Waals surface area contributed by atoms with E-state index in [-0.39, 0.29) is 11.3 Å². The van der Waals surface area contributed by atoms with Crippen molar-refractivity contribution in [2.24, 2.45) is 0 Å². The molecule has 0 aliphatic carbocycles. The number of halogens is 3. The second-order valence-electron chi connectivity index (χ2n) is 3.63. The minimum atomic E-state index is -4.69. The van der Waals surface area contributed by atoms with Crippen LogP contribution in [0.15, 0.2) is 24.3 Å². The minimum Gasteiger partial charge on any atom is -0.494 e. The number of aliphatic carboxylic acids is 1. The Labute approximate surface area is 107 Å². The molecule has 0 aliphatic heterocycles. The molecule has 0 fully saturated rings. The summed E-state index contributed by atoms with van der Waals surface area (Å²) in [4.78, 5) is 10.3. The van der Waals surface area contributed by atoms with Gasteiger partial charge < -0.3 is 14.6 Å². The fourth-order valence-electron chi connectivity index (χ4n) is 1.47. The van der Waals surface area contributed by atoms with Gasteiger partial charge in [-0.2, -0.15) is 13.2 Å². The molecule has 1 aromatic carbocycles. The van der Waals surface area contributed by atoms with Gasteiger partial charge in [0.2, 0.25) is 0 Å². The molecule has 0 aliphatic rings. The molecule has 19 heavy (non-hydrogen) atoms. The third-order valence-electron chi connectivity index (χ3n) is 2.14. The minimum absolute atomic E-state index is 0.195. The molecule has 1 rings (SSSR count). The number of rotatable bonds is 6. The van der Waals surface area contributed by atoms with E-state index in [1.807, 2.05) is 0 Å². The molecule has 0 saturated heterocycles. The molecule has 1 aromatic rings. The van der Waals surface area contributed by atoms with Crippen molar-refractivity contribution in [3.05, 3.63) is 29.8 Å². The Balaban J connectivity index is 2.96. The normalized spacial score (nSPS) is 13.1. The predicted octanol–water partition coefficient (Wildman–Crippen LogP) is 2.79. The molecular weight excluding hydrogens is 265 g/mol. The van der Waals surface area contributed by atoms with Crippen molar-refractivity contribution in [2.75, 3.05) is 13.2 Å². The molecule has 0 saturated carbocycles. The maximum atomic E-state index is 12.8. The van der Waals surface area contributed by atoms with E-state index in [2.05, 4.69) is 4.74 Å². The van der Waals surface area contributed by atoms with Crippen molar-refractivity contribution in [3.63, 3.8) is 0 Å². The Morgan fingerprint density at radius 3 is 2.63 bits per heavy atom. The molecule has 0 heterocycles. The number of carboxylic acid groups (broad SMARTS) is 1. The van der Waals surface area contributed by atoms with Crippen molar-refractivity contribution in [2.45, 2.75) is 19.2 Å². The summed E-state index contributed by atoms with van der Waals surface area (Å²) in [6.07, 6.45) is -6.98. The lowest BCUT2D eigenvalue weighted by atomic mass is 10.1. The highest BCUT2D eigenvalue weighted by molar-refractivity contribution is 5.68. The number of hydrogen-bond donors (Lipinski definition) is 1. The molecular formula is C12H13F3O4. The standard InChI is InChI=1S/C12H13F3O4/c1-2-18-9-5-3-4-8(6-9)11(12(13,14)15)19-7-10(16)17/h3-6,11H,2,7H2,1H3,(H,16,17). The first-order chi connectivity index (χ1) is 8.84. The van der Waals surface area contributed by atoms with E-state index in [9.17, 15) is 18.0 Å². The van der Waals surface area contributed by atoms with Crippen LogP contribution in [0.5, 0.6) is 5.75 Å². The molecule has 4 nitrogen and oxygen atoms in total. The number of ether oxygens (including phenoxy) is 2. The monoisotopic (exact) mass is 278 g/mol. The van der Waals surface area contributed by atoms with Crippen molar-refractivity contribution in [1.82, 2.24) is 0 Å². The number of benzene rings is 1. The molecule has 0 amide bonds. The van der Waals surface area contributed by atoms with Crippen LogP contribution in [-0.4, -0.2) is 30.5 Å². The molecule has 1 unspecified atom stereocenters. The van der Waals surface area contributed by atoms with E-state index in [0.717, 1.165) is 0 Å². The largest absolute Gasteiger partial charge is 0.494 e. The summed E-state index contributed by atoms with van der Waals surface area (Å²) in [5, 5.41) is 8.40. The van der Waals surface area contributed by atoms with Crippen LogP contribution in [0.2, 0.25) is 0 Å². The molecule has 0 spiro atoms. The van der Waals surface area contributed by atoms with E-state index >= 15 is 0 Å². The van der Waals surface area contributed by atoms with Crippen molar-refractivity contribution >= 4 is 5.97 Å². The fraction of sp³-hybridized carbons (Fsp3) is 0.417. The summed E-state index contributed by atoms with van der Waals surface area (Å²) in [6.45, 7) is 0.994. The highest BCUT2D eigenvalue weighted by Gasteiger charge is 2.42. The molecule has 106 valence electrons. The number of carboxylic acids is 1. The van der Waals surface area contributed by atoms with Gasteiger partial charge in [0.1, 0.15) is 12.4 Å². The maximum absolute atomic E-state index is 12.8. The van der Waals surface area contributed by atoms with Gasteiger partial charge in [0.25, 0.3) is 0 Å². The van der Waals surface area contributed by atoms with Crippen LogP contribution < -0.4 is 4.74 Å². The van der Waals surface area contributed by atoms with E-state index in [4.69, 9.17) is 9.84 Å². The van der Waals surface area contributed by atoms with Crippen LogP contribution in [0.25, 0.3) is 0 Å². The van der Waals surface area contributed by atoms with E-state index in [1.54, 1.807) is 6.92 Å². The molecule has 0 radical (unpaired) electrons. The van der Waals surface area contributed by atoms with Crippen LogP contribution in [0.1, 0.15) is 18.6 Å². The van der Waals surface area contributed by atoms with Crippen LogP contribution in [0.4, 0.5) is 13.2 Å². The summed E-state index contributed by atoms with van der Waals surface area (Å²) in [6, 6.07) is 5.30. The van der Waals surface area contributed by atoms with Gasteiger partial charge in [-0.3, -0.25) is 0 Å². The quantitative estimate of drug-likeness (QED) is 0.869. The lowest BCUT2D eigenvalue weighted by molar-refractivity contribution is -0.225. The Morgan fingerprint density at radius 2 is 2.11 bits per heavy atom. The second-order valence-corrected chi connectivity index (χ2v) is 3.63. The van der Waals surface area contributed by atoms with Crippen molar-refractivity contribution in [1.29, 1.82) is 0 Å². The van der Waals surface area contributed by atoms with Crippen molar-refractivity contribution < 1.29 is 32.5 Å². The van der Waals surface area contributed by atoms with E-state index in [1.165, 1.54) is 24.3 Å². The summed E-state index contributed by atoms with van der Waals surface area (Å²) in [7, 11) is 0. The first-order valence-corrected chi connectivity index (χ1v) is 5.47. The summed E-state index contributed by atoms with van der Waals surface area (Å²) < 4.78 is 47.9. The zero-order chi connectivity index (χ0) is 14.5. The van der Waals surface area contributed by atoms with Gasteiger partial charge in [0.15, 0.2) is 6.10 Å². The zero-order valence-corrected chi connectivity index (χ0v) is 10.1. The van der Waals surface area contributed by atoms with Gasteiger partial charge >= 0.3 is 12.1 Å². The van der Waals surface area contributed by atoms with Gasteiger partial charge in [-0.1, -0.05) is 12.1 Å². The lowest BCUT2D eigenvalue weighted by Gasteiger charge is -2.20. The molecule has 1 atom stereocenters. The number of alkyl halides is 3. The summed E-state index contributed by atoms with van der Waals surface area (Å²) >= 11 is 0. The van der Waals surface area contributed by atoms with Crippen LogP contribution in [-0.2, 0) is 9.53 Å². The van der Waals surface area contributed by atoms with Crippen LogP contribution in [0, 0.1) is 0 Å². The number of carbonyl (C=O) groups is 1. The second kappa shape index (κ2) is 6.42. The highest BCUT2D eigenvalue weighted by Crippen LogP contribution is 2.36. The molecule has 0 bridgehead atoms. The maximum Gasteiger partial charge on any atom is 0.418 e. The average molecular weight is 278 g/mol. The third-order valence-corrected chi connectivity index (χ3v) is 2.14. The third kappa shape index (κ3) is 4.78. The summed E-state index contributed by atoms with van der Waals surface area (Å²) in [5.74, 6) is -1.19. The Kier molecular flexibility index (Phi) is 5.17. The fourth-order valence-corrected chi connectivity index (χ4v) is 1.47. The Bertz CT molecular complexity index is 431. The van der Waals surface area contributed by atoms with Gasteiger partial charge in [-0.25, -0.2) is 4.79 Å². The first-order valence-electron chi connectivity index (χ1n) is 5.47. The zero-order valence-electron chi connectivity index (χ0n) is 10.1. The first kappa shape index (κ1) is 15.3.